The number of benzene rings is 1. The van der Waals surface area contributed by atoms with Gasteiger partial charge >= 0.3 is 6.36 Å². The van der Waals surface area contributed by atoms with Crippen LogP contribution < -0.4 is 15.8 Å². The van der Waals surface area contributed by atoms with Gasteiger partial charge in [0.2, 0.25) is 5.91 Å². The Kier molecular flexibility index (Phi) is 3.89. The first-order valence-corrected chi connectivity index (χ1v) is 6.20. The summed E-state index contributed by atoms with van der Waals surface area (Å²) in [5.41, 5.74) is 5.72. The van der Waals surface area contributed by atoms with Crippen LogP contribution in [0.4, 0.5) is 18.9 Å². The number of halogens is 3. The van der Waals surface area contributed by atoms with Crippen molar-refractivity contribution in [2.45, 2.75) is 37.6 Å². The second-order valence-electron chi connectivity index (χ2n) is 5.02. The van der Waals surface area contributed by atoms with Gasteiger partial charge in [0.1, 0.15) is 5.75 Å². The van der Waals surface area contributed by atoms with Crippen LogP contribution in [-0.4, -0.2) is 17.8 Å². The molecule has 1 aromatic carbocycles. The second kappa shape index (κ2) is 5.32. The predicted octanol–water partition coefficient (Wildman–Crippen LogP) is 2.80. The topological polar surface area (TPSA) is 64.4 Å². The predicted molar refractivity (Wildman–Crippen MR) is 67.1 cm³/mol. The van der Waals surface area contributed by atoms with Crippen LogP contribution >= 0.6 is 0 Å². The molecule has 0 heterocycles. The van der Waals surface area contributed by atoms with Crippen molar-refractivity contribution in [3.8, 4) is 5.75 Å². The van der Waals surface area contributed by atoms with Crippen molar-refractivity contribution >= 4 is 11.6 Å². The molecule has 1 aromatic rings. The Labute approximate surface area is 114 Å². The first-order chi connectivity index (χ1) is 9.26. The number of rotatable bonds is 4. The molecule has 1 aliphatic rings. The molecule has 0 radical (unpaired) electrons. The minimum absolute atomic E-state index is 0.164. The van der Waals surface area contributed by atoms with Gasteiger partial charge in [-0.1, -0.05) is 6.07 Å². The molecule has 1 saturated carbocycles. The van der Waals surface area contributed by atoms with Gasteiger partial charge in [-0.25, -0.2) is 0 Å². The van der Waals surface area contributed by atoms with Crippen molar-refractivity contribution in [3.05, 3.63) is 24.3 Å². The van der Waals surface area contributed by atoms with Crippen LogP contribution in [-0.2, 0) is 4.79 Å². The van der Waals surface area contributed by atoms with Crippen LogP contribution in [0.1, 0.15) is 25.7 Å². The van der Waals surface area contributed by atoms with Gasteiger partial charge in [-0.2, -0.15) is 0 Å². The lowest BCUT2D eigenvalue weighted by Crippen LogP contribution is -2.48. The van der Waals surface area contributed by atoms with E-state index in [1.165, 1.54) is 18.2 Å². The van der Waals surface area contributed by atoms with Gasteiger partial charge < -0.3 is 15.8 Å². The molecule has 4 nitrogen and oxygen atoms in total. The summed E-state index contributed by atoms with van der Waals surface area (Å²) < 4.78 is 40.0. The Morgan fingerprint density at radius 3 is 2.65 bits per heavy atom. The maximum Gasteiger partial charge on any atom is 0.573 e. The van der Waals surface area contributed by atoms with E-state index in [0.29, 0.717) is 0 Å². The Bertz CT molecular complexity index is 499. The van der Waals surface area contributed by atoms with Crippen molar-refractivity contribution in [1.82, 2.24) is 0 Å². The molecule has 1 aliphatic carbocycles. The molecular formula is C13H15F3N2O2. The van der Waals surface area contributed by atoms with Gasteiger partial charge in [0.15, 0.2) is 0 Å². The molecule has 2 rings (SSSR count). The van der Waals surface area contributed by atoms with Crippen molar-refractivity contribution in [2.24, 2.45) is 5.73 Å². The van der Waals surface area contributed by atoms with E-state index in [4.69, 9.17) is 5.73 Å². The highest BCUT2D eigenvalue weighted by molar-refractivity contribution is 5.91. The average molecular weight is 288 g/mol. The summed E-state index contributed by atoms with van der Waals surface area (Å²) in [6, 6.07) is 5.15. The molecule has 0 unspecified atom stereocenters. The third-order valence-corrected chi connectivity index (χ3v) is 3.21. The zero-order valence-corrected chi connectivity index (χ0v) is 10.7. The lowest BCUT2D eigenvalue weighted by molar-refractivity contribution is -0.274. The smallest absolute Gasteiger partial charge is 0.406 e. The molecule has 110 valence electrons. The summed E-state index contributed by atoms with van der Waals surface area (Å²) in [4.78, 5) is 11.8. The summed E-state index contributed by atoms with van der Waals surface area (Å²) in [6.07, 6.45) is -2.01. The van der Waals surface area contributed by atoms with Crippen LogP contribution in [0.3, 0.4) is 0 Å². The van der Waals surface area contributed by atoms with Crippen LogP contribution in [0.5, 0.6) is 5.75 Å². The third kappa shape index (κ3) is 4.12. The number of carbonyl (C=O) groups is 1. The zero-order valence-electron chi connectivity index (χ0n) is 10.7. The summed E-state index contributed by atoms with van der Waals surface area (Å²) in [5, 5.41) is 2.53. The molecule has 1 fully saturated rings. The molecule has 7 heteroatoms. The zero-order chi connectivity index (χ0) is 14.8. The van der Waals surface area contributed by atoms with E-state index in [2.05, 4.69) is 10.1 Å². The average Bonchev–Trinajstić information content (AvgIpc) is 2.24. The number of hydrogen-bond donors (Lipinski definition) is 2. The first kappa shape index (κ1) is 14.6. The lowest BCUT2D eigenvalue weighted by Gasteiger charge is -2.37. The molecule has 3 N–H and O–H groups in total. The van der Waals surface area contributed by atoms with E-state index in [1.54, 1.807) is 0 Å². The van der Waals surface area contributed by atoms with Crippen molar-refractivity contribution in [2.75, 3.05) is 5.32 Å². The normalized spacial score (nSPS) is 17.2. The molecule has 0 aliphatic heterocycles. The number of nitrogens with two attached hydrogens (primary N) is 1. The van der Waals surface area contributed by atoms with Gasteiger partial charge in [0.25, 0.3) is 0 Å². The number of hydrogen-bond acceptors (Lipinski definition) is 3. The number of carbonyl (C=O) groups excluding carboxylic acids is 1. The summed E-state index contributed by atoms with van der Waals surface area (Å²) in [5.74, 6) is -0.683. The second-order valence-corrected chi connectivity index (χ2v) is 5.02. The lowest BCUT2D eigenvalue weighted by atomic mass is 9.75. The largest absolute Gasteiger partial charge is 0.573 e. The van der Waals surface area contributed by atoms with E-state index >= 15 is 0 Å². The molecular weight excluding hydrogens is 273 g/mol. The van der Waals surface area contributed by atoms with E-state index in [0.717, 1.165) is 25.3 Å². The number of anilines is 1. The third-order valence-electron chi connectivity index (χ3n) is 3.21. The van der Waals surface area contributed by atoms with E-state index in [1.807, 2.05) is 0 Å². The highest BCUT2D eigenvalue weighted by Crippen LogP contribution is 2.32. The van der Waals surface area contributed by atoms with E-state index in [-0.39, 0.29) is 23.8 Å². The van der Waals surface area contributed by atoms with Gasteiger partial charge in [0, 0.05) is 23.7 Å². The maximum atomic E-state index is 12.1. The highest BCUT2D eigenvalue weighted by atomic mass is 19.4. The Balaban J connectivity index is 1.95. The highest BCUT2D eigenvalue weighted by Gasteiger charge is 2.34. The molecule has 1 amide bonds. The maximum absolute atomic E-state index is 12.1. The Hall–Kier alpha value is -1.76. The van der Waals surface area contributed by atoms with Crippen LogP contribution in [0, 0.1) is 0 Å². The quantitative estimate of drug-likeness (QED) is 0.895. The number of alkyl halides is 3. The fourth-order valence-electron chi connectivity index (χ4n) is 2.10. The van der Waals surface area contributed by atoms with Gasteiger partial charge in [0.05, 0.1) is 0 Å². The van der Waals surface area contributed by atoms with Crippen molar-refractivity contribution in [3.63, 3.8) is 0 Å². The standard InChI is InChI=1S/C13H15F3N2O2/c14-13(15,16)20-10-4-1-3-9(7-10)18-11(19)8-12(17)5-2-6-12/h1,3-4,7H,2,5-6,8,17H2,(H,18,19). The molecule has 0 saturated heterocycles. The molecule has 0 bridgehead atoms. The fraction of sp³-hybridized carbons (Fsp3) is 0.462. The van der Waals surface area contributed by atoms with E-state index < -0.39 is 11.9 Å². The van der Waals surface area contributed by atoms with Crippen LogP contribution in [0.2, 0.25) is 0 Å². The first-order valence-electron chi connectivity index (χ1n) is 6.20. The minimum Gasteiger partial charge on any atom is -0.406 e. The van der Waals surface area contributed by atoms with Gasteiger partial charge in [-0.15, -0.1) is 13.2 Å². The SMILES string of the molecule is NC1(CC(=O)Nc2cccc(OC(F)(F)F)c2)CCC1. The van der Waals surface area contributed by atoms with Gasteiger partial charge in [-0.05, 0) is 31.4 Å². The molecule has 0 atom stereocenters. The monoisotopic (exact) mass is 288 g/mol. The van der Waals surface area contributed by atoms with Crippen LogP contribution in [0.15, 0.2) is 24.3 Å². The molecule has 20 heavy (non-hydrogen) atoms. The Morgan fingerprint density at radius 1 is 1.40 bits per heavy atom. The number of amides is 1. The van der Waals surface area contributed by atoms with Crippen molar-refractivity contribution < 1.29 is 22.7 Å². The van der Waals surface area contributed by atoms with Crippen molar-refractivity contribution in [1.29, 1.82) is 0 Å². The van der Waals surface area contributed by atoms with Gasteiger partial charge in [-0.3, -0.25) is 4.79 Å². The summed E-state index contributed by atoms with van der Waals surface area (Å²) in [6.45, 7) is 0. The molecule has 0 aromatic heterocycles. The molecule has 0 spiro atoms. The summed E-state index contributed by atoms with van der Waals surface area (Å²) >= 11 is 0. The fourth-order valence-corrected chi connectivity index (χ4v) is 2.10. The minimum atomic E-state index is -4.75. The summed E-state index contributed by atoms with van der Waals surface area (Å²) in [7, 11) is 0. The van der Waals surface area contributed by atoms with Crippen LogP contribution in [0.25, 0.3) is 0 Å². The van der Waals surface area contributed by atoms with E-state index in [9.17, 15) is 18.0 Å². The number of ether oxygens (including phenoxy) is 1. The Morgan fingerprint density at radius 2 is 2.10 bits per heavy atom. The number of nitrogens with one attached hydrogen (secondary N) is 1.